The van der Waals surface area contributed by atoms with E-state index in [-0.39, 0.29) is 13.1 Å². The summed E-state index contributed by atoms with van der Waals surface area (Å²) in [7, 11) is 0. The first-order chi connectivity index (χ1) is 17.8. The molecule has 0 atom stereocenters. The van der Waals surface area contributed by atoms with Crippen LogP contribution in [-0.4, -0.2) is 38.9 Å². The van der Waals surface area contributed by atoms with Gasteiger partial charge in [-0.15, -0.1) is 0 Å². The number of fused-ring (bicyclic) bond motifs is 1. The number of rotatable bonds is 6. The normalized spacial score (nSPS) is 13.8. The number of hydrogen-bond acceptors (Lipinski definition) is 7. The van der Waals surface area contributed by atoms with Crippen LogP contribution in [0.15, 0.2) is 55.0 Å². The molecule has 1 amide bonds. The average Bonchev–Trinajstić information content (AvgIpc) is 3.54. The number of hydrogen-bond donors (Lipinski definition) is 2. The number of ether oxygens (including phenoxy) is 1. The fraction of sp³-hybridized carbons (Fsp3) is 0.280. The second-order valence-electron chi connectivity index (χ2n) is 8.75. The van der Waals surface area contributed by atoms with Gasteiger partial charge in [0.1, 0.15) is 11.6 Å². The summed E-state index contributed by atoms with van der Waals surface area (Å²) in [6.07, 6.45) is 0.634. The van der Waals surface area contributed by atoms with Crippen molar-refractivity contribution in [3.63, 3.8) is 0 Å². The summed E-state index contributed by atoms with van der Waals surface area (Å²) < 4.78 is 46.8. The van der Waals surface area contributed by atoms with Crippen LogP contribution in [0.4, 0.5) is 29.6 Å². The third-order valence-corrected chi connectivity index (χ3v) is 6.08. The Morgan fingerprint density at radius 3 is 2.59 bits per heavy atom. The Morgan fingerprint density at radius 1 is 1.08 bits per heavy atom. The number of nitrogen functional groups attached to an aromatic ring is 1. The average molecular weight is 512 g/mol. The van der Waals surface area contributed by atoms with E-state index < -0.39 is 23.7 Å². The number of aromatic nitrogens is 4. The molecule has 1 aliphatic heterocycles. The molecule has 0 bridgehead atoms. The number of alkyl halides is 3. The number of halogens is 3. The van der Waals surface area contributed by atoms with Gasteiger partial charge in [-0.05, 0) is 47.6 Å². The van der Waals surface area contributed by atoms with Crippen LogP contribution in [0, 0.1) is 0 Å². The molecule has 1 saturated heterocycles. The summed E-state index contributed by atoms with van der Waals surface area (Å²) in [5.41, 5.74) is 5.94. The maximum absolute atomic E-state index is 13.6. The molecule has 0 aliphatic carbocycles. The van der Waals surface area contributed by atoms with E-state index >= 15 is 0 Å². The molecule has 4 aromatic rings. The van der Waals surface area contributed by atoms with Crippen LogP contribution in [0.3, 0.4) is 0 Å². The minimum absolute atomic E-state index is 0.0381. The van der Waals surface area contributed by atoms with Gasteiger partial charge in [-0.2, -0.15) is 18.3 Å². The Balaban J connectivity index is 1.25. The van der Waals surface area contributed by atoms with E-state index in [0.29, 0.717) is 16.9 Å². The van der Waals surface area contributed by atoms with Gasteiger partial charge in [0.25, 0.3) is 0 Å². The minimum Gasteiger partial charge on any atom is -0.406 e. The molecule has 5 rings (SSSR count). The highest BCUT2D eigenvalue weighted by Gasteiger charge is 2.39. The first kappa shape index (κ1) is 24.3. The van der Waals surface area contributed by atoms with Crippen molar-refractivity contribution in [3.05, 3.63) is 71.8 Å². The molecule has 0 unspecified atom stereocenters. The van der Waals surface area contributed by atoms with Gasteiger partial charge in [-0.1, -0.05) is 18.2 Å². The number of benzene rings is 1. The van der Waals surface area contributed by atoms with Gasteiger partial charge < -0.3 is 20.7 Å². The number of carbonyl (C=O) groups excluding carboxylic acids is 1. The summed E-state index contributed by atoms with van der Waals surface area (Å²) >= 11 is 0. The van der Waals surface area contributed by atoms with Crippen LogP contribution in [0.5, 0.6) is 5.75 Å². The predicted octanol–water partition coefficient (Wildman–Crippen LogP) is 4.36. The van der Waals surface area contributed by atoms with E-state index in [9.17, 15) is 18.0 Å². The van der Waals surface area contributed by atoms with Crippen LogP contribution < -0.4 is 20.7 Å². The Kier molecular flexibility index (Phi) is 6.55. The number of nitrogens with two attached hydrogens (primary N) is 1. The predicted molar refractivity (Wildman–Crippen MR) is 131 cm³/mol. The number of amides is 1. The molecule has 3 N–H and O–H groups in total. The number of carbonyl (C=O) groups is 1. The van der Waals surface area contributed by atoms with Gasteiger partial charge in [-0.3, -0.25) is 4.68 Å². The highest BCUT2D eigenvalue weighted by molar-refractivity contribution is 5.91. The zero-order chi connectivity index (χ0) is 26.0. The van der Waals surface area contributed by atoms with E-state index in [4.69, 9.17) is 10.5 Å². The zero-order valence-corrected chi connectivity index (χ0v) is 19.7. The first-order valence-electron chi connectivity index (χ1n) is 11.7. The van der Waals surface area contributed by atoms with Crippen molar-refractivity contribution in [2.24, 2.45) is 0 Å². The van der Waals surface area contributed by atoms with Crippen LogP contribution in [0.25, 0.3) is 10.8 Å². The smallest absolute Gasteiger partial charge is 0.406 e. The maximum Gasteiger partial charge on any atom is 0.438 e. The summed E-state index contributed by atoms with van der Waals surface area (Å²) in [5, 5.41) is 7.68. The molecule has 0 radical (unpaired) electrons. The van der Waals surface area contributed by atoms with E-state index in [2.05, 4.69) is 25.3 Å². The molecule has 12 heteroatoms. The number of nitrogens with zero attached hydrogens (tertiary/aromatic N) is 5. The van der Waals surface area contributed by atoms with E-state index in [1.807, 2.05) is 6.07 Å². The molecular weight excluding hydrogens is 487 g/mol. The molecule has 0 saturated carbocycles. The number of pyridine rings is 2. The van der Waals surface area contributed by atoms with Gasteiger partial charge >= 0.3 is 12.3 Å². The molecule has 4 heterocycles. The highest BCUT2D eigenvalue weighted by atomic mass is 19.4. The van der Waals surface area contributed by atoms with Gasteiger partial charge in [0, 0.05) is 37.4 Å². The van der Waals surface area contributed by atoms with Crippen molar-refractivity contribution < 1.29 is 22.7 Å². The minimum atomic E-state index is -4.80. The standard InChI is InChI=1S/C25H24F3N7O2/c26-25(27,28)22-20(15-35(33-22)14-17-4-6-21(31-13-17)34-9-1-2-10-34)37-24(36)32-12-16-3-5-19-18(11-16)7-8-30-23(19)29/h3-8,11,13,15H,1-2,9-10,12,14H2,(H2,29,30)(H,32,36). The lowest BCUT2D eigenvalue weighted by Crippen LogP contribution is -2.27. The molecule has 3 aromatic heterocycles. The third kappa shape index (κ3) is 5.57. The van der Waals surface area contributed by atoms with Crippen molar-refractivity contribution in [2.45, 2.75) is 32.1 Å². The second-order valence-corrected chi connectivity index (χ2v) is 8.75. The Labute approximate surface area is 210 Å². The van der Waals surface area contributed by atoms with Crippen molar-refractivity contribution in [3.8, 4) is 5.75 Å². The molecule has 9 nitrogen and oxygen atoms in total. The number of nitrogens with one attached hydrogen (secondary N) is 1. The van der Waals surface area contributed by atoms with Gasteiger partial charge in [0.2, 0.25) is 5.69 Å². The van der Waals surface area contributed by atoms with E-state index in [1.165, 1.54) is 0 Å². The fourth-order valence-electron chi connectivity index (χ4n) is 4.26. The lowest BCUT2D eigenvalue weighted by molar-refractivity contribution is -0.142. The molecule has 0 spiro atoms. The monoisotopic (exact) mass is 511 g/mol. The molecule has 1 aromatic carbocycles. The number of anilines is 2. The highest BCUT2D eigenvalue weighted by Crippen LogP contribution is 2.35. The van der Waals surface area contributed by atoms with Crippen LogP contribution in [-0.2, 0) is 19.3 Å². The van der Waals surface area contributed by atoms with Crippen molar-refractivity contribution in [1.82, 2.24) is 25.1 Å². The SMILES string of the molecule is Nc1nccc2cc(CNC(=O)Oc3cn(Cc4ccc(N5CCCC5)nc4)nc3C(F)(F)F)ccc12. The summed E-state index contributed by atoms with van der Waals surface area (Å²) in [6.45, 7) is 1.96. The second kappa shape index (κ2) is 9.96. The third-order valence-electron chi connectivity index (χ3n) is 6.08. The van der Waals surface area contributed by atoms with Crippen molar-refractivity contribution in [1.29, 1.82) is 0 Å². The lowest BCUT2D eigenvalue weighted by atomic mass is 10.1. The fourth-order valence-corrected chi connectivity index (χ4v) is 4.26. The maximum atomic E-state index is 13.6. The van der Waals surface area contributed by atoms with Crippen molar-refractivity contribution in [2.75, 3.05) is 23.7 Å². The molecule has 1 aliphatic rings. The quantitative estimate of drug-likeness (QED) is 0.396. The van der Waals surface area contributed by atoms with Crippen molar-refractivity contribution >= 4 is 28.5 Å². The van der Waals surface area contributed by atoms with Crippen LogP contribution >= 0.6 is 0 Å². The van der Waals surface area contributed by atoms with E-state index in [0.717, 1.165) is 53.4 Å². The summed E-state index contributed by atoms with van der Waals surface area (Å²) in [4.78, 5) is 22.9. The molecular formula is C25H24F3N7O2. The van der Waals surface area contributed by atoms with Gasteiger partial charge in [-0.25, -0.2) is 14.8 Å². The Hall–Kier alpha value is -4.35. The summed E-state index contributed by atoms with van der Waals surface area (Å²) in [5.74, 6) is 0.542. The Bertz CT molecular complexity index is 1410. The zero-order valence-electron chi connectivity index (χ0n) is 19.7. The van der Waals surface area contributed by atoms with Gasteiger partial charge in [0.05, 0.1) is 12.7 Å². The summed E-state index contributed by atoms with van der Waals surface area (Å²) in [6, 6.07) is 10.7. The molecule has 192 valence electrons. The topological polar surface area (TPSA) is 111 Å². The molecule has 1 fully saturated rings. The van der Waals surface area contributed by atoms with Crippen LogP contribution in [0.2, 0.25) is 0 Å². The Morgan fingerprint density at radius 2 is 1.86 bits per heavy atom. The van der Waals surface area contributed by atoms with Crippen LogP contribution in [0.1, 0.15) is 29.7 Å². The van der Waals surface area contributed by atoms with E-state index in [1.54, 1.807) is 42.7 Å². The first-order valence-corrected chi connectivity index (χ1v) is 11.7. The van der Waals surface area contributed by atoms with Gasteiger partial charge in [0.15, 0.2) is 5.75 Å². The lowest BCUT2D eigenvalue weighted by Gasteiger charge is -2.16. The molecule has 37 heavy (non-hydrogen) atoms. The largest absolute Gasteiger partial charge is 0.438 e.